The van der Waals surface area contributed by atoms with Gasteiger partial charge >= 0.3 is 0 Å². The fraction of sp³-hybridized carbons (Fsp3) is 0.333. The Balaban J connectivity index is 2.27. The third kappa shape index (κ3) is 2.03. The van der Waals surface area contributed by atoms with Gasteiger partial charge in [0, 0.05) is 37.4 Å². The van der Waals surface area contributed by atoms with E-state index in [-0.39, 0.29) is 0 Å². The SMILES string of the molecule is Cn1cc(CCNCN)c2ccccc21. The average Bonchev–Trinajstić information content (AvgIpc) is 2.58. The molecule has 1 aromatic heterocycles. The Hall–Kier alpha value is -1.32. The molecule has 3 nitrogen and oxygen atoms in total. The van der Waals surface area contributed by atoms with Gasteiger partial charge in [-0.15, -0.1) is 0 Å². The topological polar surface area (TPSA) is 43.0 Å². The predicted molar refractivity (Wildman–Crippen MR) is 63.7 cm³/mol. The number of fused-ring (bicyclic) bond motifs is 1. The summed E-state index contributed by atoms with van der Waals surface area (Å²) >= 11 is 0. The van der Waals surface area contributed by atoms with E-state index >= 15 is 0 Å². The van der Waals surface area contributed by atoms with Crippen molar-refractivity contribution >= 4 is 10.9 Å². The van der Waals surface area contributed by atoms with Crippen LogP contribution in [0.2, 0.25) is 0 Å². The fourth-order valence-electron chi connectivity index (χ4n) is 1.95. The van der Waals surface area contributed by atoms with Crippen molar-refractivity contribution in [2.75, 3.05) is 13.2 Å². The molecular formula is C12H17N3. The number of nitrogens with two attached hydrogens (primary N) is 1. The summed E-state index contributed by atoms with van der Waals surface area (Å²) in [5.74, 6) is 0. The Labute approximate surface area is 89.9 Å². The summed E-state index contributed by atoms with van der Waals surface area (Å²) in [6.45, 7) is 1.48. The molecule has 0 radical (unpaired) electrons. The van der Waals surface area contributed by atoms with Gasteiger partial charge in [-0.2, -0.15) is 0 Å². The zero-order valence-corrected chi connectivity index (χ0v) is 9.03. The molecule has 3 heteroatoms. The first-order valence-electron chi connectivity index (χ1n) is 5.26. The van der Waals surface area contributed by atoms with Gasteiger partial charge in [0.2, 0.25) is 0 Å². The van der Waals surface area contributed by atoms with Crippen molar-refractivity contribution < 1.29 is 0 Å². The third-order valence-corrected chi connectivity index (χ3v) is 2.69. The molecule has 0 atom stereocenters. The minimum absolute atomic E-state index is 0.546. The van der Waals surface area contributed by atoms with Crippen molar-refractivity contribution in [1.82, 2.24) is 9.88 Å². The Kier molecular flexibility index (Phi) is 3.04. The van der Waals surface area contributed by atoms with Crippen LogP contribution in [0.15, 0.2) is 30.5 Å². The van der Waals surface area contributed by atoms with Crippen LogP contribution in [0.5, 0.6) is 0 Å². The van der Waals surface area contributed by atoms with E-state index in [1.165, 1.54) is 16.5 Å². The highest BCUT2D eigenvalue weighted by Crippen LogP contribution is 2.20. The lowest BCUT2D eigenvalue weighted by Gasteiger charge is -1.99. The van der Waals surface area contributed by atoms with E-state index in [4.69, 9.17) is 5.73 Å². The maximum Gasteiger partial charge on any atom is 0.0480 e. The molecule has 1 aromatic carbocycles. The number of para-hydroxylation sites is 1. The van der Waals surface area contributed by atoms with E-state index in [1.54, 1.807) is 0 Å². The highest BCUT2D eigenvalue weighted by atomic mass is 14.9. The summed E-state index contributed by atoms with van der Waals surface area (Å²) in [4.78, 5) is 0. The van der Waals surface area contributed by atoms with Crippen LogP contribution >= 0.6 is 0 Å². The molecule has 0 spiro atoms. The second-order valence-corrected chi connectivity index (χ2v) is 3.74. The second-order valence-electron chi connectivity index (χ2n) is 3.74. The average molecular weight is 203 g/mol. The molecule has 0 bridgehead atoms. The van der Waals surface area contributed by atoms with Gasteiger partial charge < -0.3 is 15.6 Å². The molecule has 15 heavy (non-hydrogen) atoms. The number of rotatable bonds is 4. The normalized spacial score (nSPS) is 11.1. The molecule has 1 heterocycles. The maximum atomic E-state index is 5.39. The van der Waals surface area contributed by atoms with Crippen LogP contribution < -0.4 is 11.1 Å². The fourth-order valence-corrected chi connectivity index (χ4v) is 1.95. The Morgan fingerprint density at radius 1 is 1.33 bits per heavy atom. The lowest BCUT2D eigenvalue weighted by molar-refractivity contribution is 0.701. The number of nitrogens with zero attached hydrogens (tertiary/aromatic N) is 1. The molecule has 0 amide bonds. The van der Waals surface area contributed by atoms with Gasteiger partial charge in [-0.1, -0.05) is 18.2 Å². The summed E-state index contributed by atoms with van der Waals surface area (Å²) in [5, 5.41) is 4.49. The molecule has 2 rings (SSSR count). The van der Waals surface area contributed by atoms with Gasteiger partial charge in [-0.05, 0) is 18.1 Å². The summed E-state index contributed by atoms with van der Waals surface area (Å²) in [7, 11) is 2.09. The van der Waals surface area contributed by atoms with Gasteiger partial charge in [0.15, 0.2) is 0 Å². The van der Waals surface area contributed by atoms with Crippen LogP contribution in [0.4, 0.5) is 0 Å². The molecule has 0 aliphatic carbocycles. The number of hydrogen-bond donors (Lipinski definition) is 2. The summed E-state index contributed by atoms with van der Waals surface area (Å²) in [6, 6.07) is 8.48. The van der Waals surface area contributed by atoms with E-state index in [0.717, 1.165) is 13.0 Å². The Morgan fingerprint density at radius 3 is 2.93 bits per heavy atom. The predicted octanol–water partition coefficient (Wildman–Crippen LogP) is 1.23. The lowest BCUT2D eigenvalue weighted by Crippen LogP contribution is -2.24. The quantitative estimate of drug-likeness (QED) is 0.579. The lowest BCUT2D eigenvalue weighted by atomic mass is 10.1. The highest BCUT2D eigenvalue weighted by Gasteiger charge is 2.04. The first kappa shape index (κ1) is 10.2. The van der Waals surface area contributed by atoms with Gasteiger partial charge in [-0.25, -0.2) is 0 Å². The first-order valence-corrected chi connectivity index (χ1v) is 5.26. The highest BCUT2D eigenvalue weighted by molar-refractivity contribution is 5.83. The number of benzene rings is 1. The van der Waals surface area contributed by atoms with Crippen LogP contribution in [-0.4, -0.2) is 17.8 Å². The summed E-state index contributed by atoms with van der Waals surface area (Å²) in [5.41, 5.74) is 8.07. The molecule has 0 aliphatic rings. The summed E-state index contributed by atoms with van der Waals surface area (Å²) < 4.78 is 2.17. The molecule has 0 fully saturated rings. The third-order valence-electron chi connectivity index (χ3n) is 2.69. The maximum absolute atomic E-state index is 5.39. The molecule has 0 aliphatic heterocycles. The van der Waals surface area contributed by atoms with Crippen LogP contribution in [0.3, 0.4) is 0 Å². The van der Waals surface area contributed by atoms with E-state index in [2.05, 4.69) is 47.4 Å². The van der Waals surface area contributed by atoms with Gasteiger partial charge in [-0.3, -0.25) is 0 Å². The number of hydrogen-bond acceptors (Lipinski definition) is 2. The van der Waals surface area contributed by atoms with Crippen LogP contribution in [0, 0.1) is 0 Å². The monoisotopic (exact) mass is 203 g/mol. The second kappa shape index (κ2) is 4.47. The van der Waals surface area contributed by atoms with E-state index in [9.17, 15) is 0 Å². The van der Waals surface area contributed by atoms with Crippen molar-refractivity contribution in [2.45, 2.75) is 6.42 Å². The van der Waals surface area contributed by atoms with Crippen LogP contribution in [0.25, 0.3) is 10.9 Å². The number of aromatic nitrogens is 1. The molecular weight excluding hydrogens is 186 g/mol. The van der Waals surface area contributed by atoms with E-state index in [0.29, 0.717) is 6.67 Å². The minimum Gasteiger partial charge on any atom is -0.350 e. The molecule has 2 aromatic rings. The van der Waals surface area contributed by atoms with E-state index < -0.39 is 0 Å². The zero-order chi connectivity index (χ0) is 10.7. The van der Waals surface area contributed by atoms with Crippen molar-refractivity contribution in [3.63, 3.8) is 0 Å². The van der Waals surface area contributed by atoms with Gasteiger partial charge in [0.1, 0.15) is 0 Å². The smallest absolute Gasteiger partial charge is 0.0480 e. The van der Waals surface area contributed by atoms with Crippen molar-refractivity contribution in [3.8, 4) is 0 Å². The molecule has 0 unspecified atom stereocenters. The van der Waals surface area contributed by atoms with Crippen molar-refractivity contribution in [2.24, 2.45) is 12.8 Å². The standard InChI is InChI=1S/C12H17N3/c1-15-8-10(6-7-14-9-13)11-4-2-3-5-12(11)15/h2-5,8,14H,6-7,9,13H2,1H3. The summed E-state index contributed by atoms with van der Waals surface area (Å²) in [6.07, 6.45) is 3.22. The Morgan fingerprint density at radius 2 is 2.13 bits per heavy atom. The van der Waals surface area contributed by atoms with Gasteiger partial charge in [0.25, 0.3) is 0 Å². The van der Waals surface area contributed by atoms with E-state index in [1.807, 2.05) is 0 Å². The molecule has 80 valence electrons. The van der Waals surface area contributed by atoms with Crippen LogP contribution in [0.1, 0.15) is 5.56 Å². The molecule has 3 N–H and O–H groups in total. The minimum atomic E-state index is 0.546. The largest absolute Gasteiger partial charge is 0.350 e. The van der Waals surface area contributed by atoms with Crippen molar-refractivity contribution in [1.29, 1.82) is 0 Å². The van der Waals surface area contributed by atoms with Gasteiger partial charge in [0.05, 0.1) is 0 Å². The molecule has 0 saturated carbocycles. The van der Waals surface area contributed by atoms with Crippen molar-refractivity contribution in [3.05, 3.63) is 36.0 Å². The number of nitrogens with one attached hydrogen (secondary N) is 1. The number of aryl methyl sites for hydroxylation is 1. The molecule has 0 saturated heterocycles. The first-order chi connectivity index (χ1) is 7.33. The Bertz CT molecular complexity index is 445. The van der Waals surface area contributed by atoms with Crippen LogP contribution in [-0.2, 0) is 13.5 Å². The zero-order valence-electron chi connectivity index (χ0n) is 9.03.